The van der Waals surface area contributed by atoms with E-state index in [4.69, 9.17) is 16.3 Å². The SMILES string of the molecule is COc1ccc(C2SC(=O)CN2c2ccc(Cl)cc2)cc1. The highest BCUT2D eigenvalue weighted by molar-refractivity contribution is 8.14. The first kappa shape index (κ1) is 14.3. The number of hydrogen-bond donors (Lipinski definition) is 0. The lowest BCUT2D eigenvalue weighted by atomic mass is 10.2. The number of halogens is 1. The van der Waals surface area contributed by atoms with Gasteiger partial charge in [-0.05, 0) is 42.0 Å². The first-order valence-corrected chi connectivity index (χ1v) is 7.79. The van der Waals surface area contributed by atoms with Crippen LogP contribution in [-0.4, -0.2) is 18.8 Å². The van der Waals surface area contributed by atoms with Gasteiger partial charge < -0.3 is 9.64 Å². The maximum Gasteiger partial charge on any atom is 0.210 e. The largest absolute Gasteiger partial charge is 0.497 e. The normalized spacial score (nSPS) is 18.1. The van der Waals surface area contributed by atoms with Crippen molar-refractivity contribution in [1.82, 2.24) is 0 Å². The van der Waals surface area contributed by atoms with E-state index in [1.54, 1.807) is 7.11 Å². The Morgan fingerprint density at radius 3 is 2.43 bits per heavy atom. The van der Waals surface area contributed by atoms with E-state index in [9.17, 15) is 4.79 Å². The molecule has 1 atom stereocenters. The summed E-state index contributed by atoms with van der Waals surface area (Å²) < 4.78 is 5.18. The molecule has 0 bridgehead atoms. The summed E-state index contributed by atoms with van der Waals surface area (Å²) in [7, 11) is 1.64. The maximum absolute atomic E-state index is 11.9. The fourth-order valence-electron chi connectivity index (χ4n) is 2.32. The number of ether oxygens (including phenoxy) is 1. The van der Waals surface area contributed by atoms with Crippen LogP contribution in [0.3, 0.4) is 0 Å². The lowest BCUT2D eigenvalue weighted by Gasteiger charge is -2.25. The second-order valence-corrected chi connectivity index (χ2v) is 6.29. The van der Waals surface area contributed by atoms with Gasteiger partial charge in [-0.25, -0.2) is 0 Å². The molecular weight excluding hydrogens is 306 g/mol. The molecule has 1 fully saturated rings. The summed E-state index contributed by atoms with van der Waals surface area (Å²) in [6.45, 7) is 0.406. The summed E-state index contributed by atoms with van der Waals surface area (Å²) in [5.41, 5.74) is 2.08. The Morgan fingerprint density at radius 2 is 1.81 bits per heavy atom. The molecule has 2 aromatic rings. The van der Waals surface area contributed by atoms with Crippen LogP contribution in [0.15, 0.2) is 48.5 Å². The van der Waals surface area contributed by atoms with Gasteiger partial charge >= 0.3 is 0 Å². The summed E-state index contributed by atoms with van der Waals surface area (Å²) in [5.74, 6) is 0.811. The molecule has 21 heavy (non-hydrogen) atoms. The zero-order valence-corrected chi connectivity index (χ0v) is 13.0. The van der Waals surface area contributed by atoms with E-state index in [1.165, 1.54) is 11.8 Å². The Labute approximate surface area is 132 Å². The van der Waals surface area contributed by atoms with Gasteiger partial charge in [0.1, 0.15) is 11.1 Å². The molecule has 1 saturated heterocycles. The van der Waals surface area contributed by atoms with E-state index in [0.29, 0.717) is 11.6 Å². The molecule has 0 radical (unpaired) electrons. The standard InChI is InChI=1S/C16H14ClNO2S/c1-20-14-8-2-11(3-9-14)16-18(10-15(19)21-16)13-6-4-12(17)5-7-13/h2-9,16H,10H2,1H3. The lowest BCUT2D eigenvalue weighted by Crippen LogP contribution is -2.22. The number of methoxy groups -OCH3 is 1. The average Bonchev–Trinajstić information content (AvgIpc) is 2.90. The van der Waals surface area contributed by atoms with Crippen molar-refractivity contribution in [3.05, 3.63) is 59.1 Å². The summed E-state index contributed by atoms with van der Waals surface area (Å²) >= 11 is 7.28. The van der Waals surface area contributed by atoms with Gasteiger partial charge in [-0.2, -0.15) is 0 Å². The van der Waals surface area contributed by atoms with E-state index in [-0.39, 0.29) is 10.5 Å². The molecule has 0 aliphatic carbocycles. The second-order valence-electron chi connectivity index (χ2n) is 4.72. The van der Waals surface area contributed by atoms with Crippen molar-refractivity contribution in [3.63, 3.8) is 0 Å². The van der Waals surface area contributed by atoms with E-state index < -0.39 is 0 Å². The molecule has 0 spiro atoms. The topological polar surface area (TPSA) is 29.5 Å². The molecule has 2 aromatic carbocycles. The van der Waals surface area contributed by atoms with Crippen LogP contribution in [0.25, 0.3) is 0 Å². The van der Waals surface area contributed by atoms with Gasteiger partial charge in [0.05, 0.1) is 13.7 Å². The smallest absolute Gasteiger partial charge is 0.210 e. The minimum absolute atomic E-state index is 0.00965. The number of thioether (sulfide) groups is 1. The van der Waals surface area contributed by atoms with Crippen molar-refractivity contribution in [3.8, 4) is 5.75 Å². The lowest BCUT2D eigenvalue weighted by molar-refractivity contribution is -0.109. The first-order valence-electron chi connectivity index (χ1n) is 6.53. The van der Waals surface area contributed by atoms with Crippen LogP contribution in [-0.2, 0) is 4.79 Å². The third-order valence-corrected chi connectivity index (χ3v) is 4.78. The van der Waals surface area contributed by atoms with Crippen LogP contribution in [0.1, 0.15) is 10.9 Å². The van der Waals surface area contributed by atoms with Crippen molar-refractivity contribution >= 4 is 34.2 Å². The average molecular weight is 320 g/mol. The fourth-order valence-corrected chi connectivity index (χ4v) is 3.53. The third-order valence-electron chi connectivity index (χ3n) is 3.38. The van der Waals surface area contributed by atoms with Crippen molar-refractivity contribution in [2.24, 2.45) is 0 Å². The van der Waals surface area contributed by atoms with Crippen molar-refractivity contribution in [2.75, 3.05) is 18.6 Å². The molecule has 0 N–H and O–H groups in total. The van der Waals surface area contributed by atoms with Gasteiger partial charge in [-0.15, -0.1) is 0 Å². The van der Waals surface area contributed by atoms with E-state index >= 15 is 0 Å². The Kier molecular flexibility index (Phi) is 4.08. The number of carbonyl (C=O) groups is 1. The Balaban J connectivity index is 1.91. The molecule has 3 rings (SSSR count). The molecule has 1 aliphatic heterocycles. The molecule has 1 heterocycles. The van der Waals surface area contributed by atoms with Crippen LogP contribution in [0, 0.1) is 0 Å². The summed E-state index contributed by atoms with van der Waals surface area (Å²) in [5, 5.41) is 0.855. The summed E-state index contributed by atoms with van der Waals surface area (Å²) in [6.07, 6.45) is 0. The monoisotopic (exact) mass is 319 g/mol. The van der Waals surface area contributed by atoms with Gasteiger partial charge in [0, 0.05) is 10.7 Å². The summed E-state index contributed by atoms with van der Waals surface area (Å²) in [4.78, 5) is 14.0. The second kappa shape index (κ2) is 6.00. The van der Waals surface area contributed by atoms with Gasteiger partial charge in [0.25, 0.3) is 0 Å². The molecule has 1 aliphatic rings. The molecule has 0 saturated carbocycles. The van der Waals surface area contributed by atoms with Crippen LogP contribution < -0.4 is 9.64 Å². The predicted octanol–water partition coefficient (Wildman–Crippen LogP) is 4.13. The Bertz CT molecular complexity index is 642. The highest BCUT2D eigenvalue weighted by Crippen LogP contribution is 2.42. The number of benzene rings is 2. The van der Waals surface area contributed by atoms with Gasteiger partial charge in [0.2, 0.25) is 5.12 Å². The predicted molar refractivity (Wildman–Crippen MR) is 87.1 cm³/mol. The highest BCUT2D eigenvalue weighted by Gasteiger charge is 2.32. The molecule has 3 nitrogen and oxygen atoms in total. The number of anilines is 1. The number of nitrogens with zero attached hydrogens (tertiary/aromatic N) is 1. The Morgan fingerprint density at radius 1 is 1.14 bits per heavy atom. The molecule has 1 unspecified atom stereocenters. The molecule has 0 amide bonds. The number of rotatable bonds is 3. The first-order chi connectivity index (χ1) is 10.2. The fraction of sp³-hybridized carbons (Fsp3) is 0.188. The highest BCUT2D eigenvalue weighted by atomic mass is 35.5. The van der Waals surface area contributed by atoms with Gasteiger partial charge in [0.15, 0.2) is 0 Å². The third kappa shape index (κ3) is 3.01. The number of hydrogen-bond acceptors (Lipinski definition) is 4. The van der Waals surface area contributed by atoms with Crippen molar-refractivity contribution < 1.29 is 9.53 Å². The van der Waals surface area contributed by atoms with E-state index in [0.717, 1.165) is 17.0 Å². The molecule has 108 valence electrons. The minimum Gasteiger partial charge on any atom is -0.497 e. The molecule has 5 heteroatoms. The quantitative estimate of drug-likeness (QED) is 0.851. The van der Waals surface area contributed by atoms with Crippen LogP contribution >= 0.6 is 23.4 Å². The molecule has 0 aromatic heterocycles. The van der Waals surface area contributed by atoms with E-state index in [2.05, 4.69) is 4.90 Å². The van der Waals surface area contributed by atoms with E-state index in [1.807, 2.05) is 48.5 Å². The van der Waals surface area contributed by atoms with Crippen LogP contribution in [0.2, 0.25) is 5.02 Å². The summed E-state index contributed by atoms with van der Waals surface area (Å²) in [6, 6.07) is 15.4. The minimum atomic E-state index is -0.00965. The van der Waals surface area contributed by atoms with Crippen LogP contribution in [0.4, 0.5) is 5.69 Å². The van der Waals surface area contributed by atoms with Gasteiger partial charge in [-0.3, -0.25) is 4.79 Å². The molecular formula is C16H14ClNO2S. The Hall–Kier alpha value is -1.65. The maximum atomic E-state index is 11.9. The van der Waals surface area contributed by atoms with Crippen molar-refractivity contribution in [2.45, 2.75) is 5.37 Å². The van der Waals surface area contributed by atoms with Crippen LogP contribution in [0.5, 0.6) is 5.75 Å². The zero-order valence-electron chi connectivity index (χ0n) is 11.5. The zero-order chi connectivity index (χ0) is 14.8. The van der Waals surface area contributed by atoms with Crippen molar-refractivity contribution in [1.29, 1.82) is 0 Å². The number of carbonyl (C=O) groups excluding carboxylic acids is 1. The van der Waals surface area contributed by atoms with Gasteiger partial charge in [-0.1, -0.05) is 35.5 Å².